The highest BCUT2D eigenvalue weighted by atomic mass is 35.7. The molecule has 0 saturated carbocycles. The minimum absolute atomic E-state index is 0.0685. The fourth-order valence-electron chi connectivity index (χ4n) is 1.69. The molecule has 1 heterocycles. The Hall–Kier alpha value is -1.06. The molecule has 0 amide bonds. The summed E-state index contributed by atoms with van der Waals surface area (Å²) in [5, 5.41) is 13.1. The molecule has 5 nitrogen and oxygen atoms in total. The molecule has 7 heteroatoms. The van der Waals surface area contributed by atoms with E-state index in [0.29, 0.717) is 24.4 Å². The Bertz CT molecular complexity index is 597. The Morgan fingerprint density at radius 3 is 2.39 bits per heavy atom. The minimum Gasteiger partial charge on any atom is -0.268 e. The maximum atomic E-state index is 11.4. The number of aryl methyl sites for hydroxylation is 2. The summed E-state index contributed by atoms with van der Waals surface area (Å²) in [6, 6.07) is 2.20. The molecule has 0 atom stereocenters. The number of hydrogen-bond donors (Lipinski definition) is 0. The fraction of sp³-hybridized carbons (Fsp3) is 0.636. The Balaban J connectivity index is 3.06. The third-order valence-corrected chi connectivity index (χ3v) is 4.35. The van der Waals surface area contributed by atoms with Crippen LogP contribution < -0.4 is 0 Å². The molecule has 18 heavy (non-hydrogen) atoms. The van der Waals surface area contributed by atoms with Crippen molar-refractivity contribution in [3.05, 3.63) is 11.4 Å². The molecule has 0 aromatic carbocycles. The molecule has 0 aliphatic rings. The average molecular weight is 290 g/mol. The summed E-state index contributed by atoms with van der Waals surface area (Å²) >= 11 is 0. The summed E-state index contributed by atoms with van der Waals surface area (Å²) in [6.45, 7) is 7.41. The Kier molecular flexibility index (Phi) is 4.08. The Morgan fingerprint density at radius 1 is 1.44 bits per heavy atom. The van der Waals surface area contributed by atoms with Crippen LogP contribution in [0.4, 0.5) is 0 Å². The zero-order valence-corrected chi connectivity index (χ0v) is 12.4. The molecule has 0 N–H and O–H groups in total. The van der Waals surface area contributed by atoms with Gasteiger partial charge in [0.05, 0.1) is 22.9 Å². The third kappa shape index (κ3) is 3.24. The second-order valence-electron chi connectivity index (χ2n) is 4.91. The van der Waals surface area contributed by atoms with Gasteiger partial charge >= 0.3 is 0 Å². The predicted octanol–water partition coefficient (Wildman–Crippen LogP) is 2.37. The molecule has 0 unspecified atom stereocenters. The lowest BCUT2D eigenvalue weighted by Crippen LogP contribution is -2.14. The van der Waals surface area contributed by atoms with Crippen molar-refractivity contribution in [2.24, 2.45) is 5.41 Å². The molecule has 0 spiro atoms. The van der Waals surface area contributed by atoms with Gasteiger partial charge in [-0.15, -0.1) is 0 Å². The van der Waals surface area contributed by atoms with E-state index >= 15 is 0 Å². The van der Waals surface area contributed by atoms with Crippen LogP contribution in [0.1, 0.15) is 31.7 Å². The third-order valence-electron chi connectivity index (χ3n) is 2.81. The lowest BCUT2D eigenvalue weighted by molar-refractivity contribution is 0.394. The van der Waals surface area contributed by atoms with E-state index < -0.39 is 14.5 Å². The number of nitrogens with zero attached hydrogens (tertiary/aromatic N) is 3. The van der Waals surface area contributed by atoms with Crippen LogP contribution in [0.2, 0.25) is 0 Å². The maximum absolute atomic E-state index is 11.4. The van der Waals surface area contributed by atoms with Crippen molar-refractivity contribution in [3.63, 3.8) is 0 Å². The molecule has 0 aliphatic heterocycles. The Labute approximate surface area is 112 Å². The first-order chi connectivity index (χ1) is 8.08. The van der Waals surface area contributed by atoms with Crippen LogP contribution in [0.25, 0.3) is 0 Å². The molecule has 1 aromatic heterocycles. The van der Waals surface area contributed by atoms with Gasteiger partial charge in [0.25, 0.3) is 9.05 Å². The number of rotatable bonds is 4. The first-order valence-corrected chi connectivity index (χ1v) is 7.79. The Morgan fingerprint density at radius 2 is 2.00 bits per heavy atom. The van der Waals surface area contributed by atoms with Crippen LogP contribution in [0.5, 0.6) is 0 Å². The summed E-state index contributed by atoms with van der Waals surface area (Å²) in [5.41, 5.74) is 0.431. The molecular weight excluding hydrogens is 274 g/mol. The van der Waals surface area contributed by atoms with Crippen molar-refractivity contribution in [1.82, 2.24) is 9.78 Å². The predicted molar refractivity (Wildman–Crippen MR) is 68.8 cm³/mol. The van der Waals surface area contributed by atoms with E-state index in [1.807, 2.05) is 13.8 Å². The first kappa shape index (κ1) is 15.0. The second kappa shape index (κ2) is 4.90. The SMILES string of the molecule is Cc1nn(CCC(C)(C)C#N)c(C)c1S(=O)(=O)Cl. The van der Waals surface area contributed by atoms with Crippen LogP contribution in [-0.2, 0) is 15.6 Å². The minimum atomic E-state index is -3.78. The van der Waals surface area contributed by atoms with E-state index in [-0.39, 0.29) is 4.90 Å². The lowest BCUT2D eigenvalue weighted by atomic mass is 9.91. The second-order valence-corrected chi connectivity index (χ2v) is 7.41. The van der Waals surface area contributed by atoms with E-state index in [1.165, 1.54) is 0 Å². The van der Waals surface area contributed by atoms with E-state index in [0.717, 1.165) is 0 Å². The number of aromatic nitrogens is 2. The number of hydrogen-bond acceptors (Lipinski definition) is 4. The van der Waals surface area contributed by atoms with E-state index in [2.05, 4.69) is 11.2 Å². The van der Waals surface area contributed by atoms with Gasteiger partial charge in [0, 0.05) is 17.2 Å². The summed E-state index contributed by atoms with van der Waals surface area (Å²) in [6.07, 6.45) is 0.591. The summed E-state index contributed by atoms with van der Waals surface area (Å²) in [4.78, 5) is 0.0685. The van der Waals surface area contributed by atoms with Crippen molar-refractivity contribution in [1.29, 1.82) is 5.26 Å². The summed E-state index contributed by atoms with van der Waals surface area (Å²) < 4.78 is 24.4. The van der Waals surface area contributed by atoms with Gasteiger partial charge in [-0.05, 0) is 34.1 Å². The standard InChI is InChI=1S/C11H16ClN3O2S/c1-8-10(18(12,16)17)9(2)15(14-8)6-5-11(3,4)7-13/h5-6H2,1-4H3. The highest BCUT2D eigenvalue weighted by Crippen LogP contribution is 2.25. The lowest BCUT2D eigenvalue weighted by Gasteiger charge is -2.15. The van der Waals surface area contributed by atoms with E-state index in [1.54, 1.807) is 18.5 Å². The van der Waals surface area contributed by atoms with Crippen molar-refractivity contribution in [2.45, 2.75) is 45.6 Å². The van der Waals surface area contributed by atoms with Crippen LogP contribution in [0.15, 0.2) is 4.90 Å². The van der Waals surface area contributed by atoms with Crippen LogP contribution in [0, 0.1) is 30.6 Å². The highest BCUT2D eigenvalue weighted by Gasteiger charge is 2.24. The molecular formula is C11H16ClN3O2S. The van der Waals surface area contributed by atoms with E-state index in [4.69, 9.17) is 15.9 Å². The van der Waals surface area contributed by atoms with E-state index in [9.17, 15) is 8.42 Å². The van der Waals surface area contributed by atoms with Crippen LogP contribution in [0.3, 0.4) is 0 Å². The maximum Gasteiger partial charge on any atom is 0.264 e. The zero-order chi connectivity index (χ0) is 14.1. The van der Waals surface area contributed by atoms with Gasteiger partial charge in [0.2, 0.25) is 0 Å². The van der Waals surface area contributed by atoms with Crippen LogP contribution in [-0.4, -0.2) is 18.2 Å². The highest BCUT2D eigenvalue weighted by molar-refractivity contribution is 8.13. The monoisotopic (exact) mass is 289 g/mol. The fourth-order valence-corrected chi connectivity index (χ4v) is 3.21. The largest absolute Gasteiger partial charge is 0.268 e. The zero-order valence-electron chi connectivity index (χ0n) is 10.9. The van der Waals surface area contributed by atoms with Gasteiger partial charge in [-0.3, -0.25) is 4.68 Å². The van der Waals surface area contributed by atoms with Gasteiger partial charge in [-0.25, -0.2) is 8.42 Å². The smallest absolute Gasteiger partial charge is 0.264 e. The van der Waals surface area contributed by atoms with Crippen molar-refractivity contribution >= 4 is 19.7 Å². The van der Waals surface area contributed by atoms with Crippen molar-refractivity contribution in [2.75, 3.05) is 0 Å². The van der Waals surface area contributed by atoms with Gasteiger partial charge in [0.1, 0.15) is 4.90 Å². The van der Waals surface area contributed by atoms with Crippen LogP contribution >= 0.6 is 10.7 Å². The normalized spacial score (nSPS) is 12.4. The van der Waals surface area contributed by atoms with Gasteiger partial charge < -0.3 is 0 Å². The topological polar surface area (TPSA) is 75.8 Å². The van der Waals surface area contributed by atoms with Gasteiger partial charge in [-0.2, -0.15) is 10.4 Å². The molecule has 0 aliphatic carbocycles. The molecule has 1 rings (SSSR count). The van der Waals surface area contributed by atoms with Crippen molar-refractivity contribution in [3.8, 4) is 6.07 Å². The molecule has 0 bridgehead atoms. The molecule has 100 valence electrons. The molecule has 1 aromatic rings. The number of halogens is 1. The quantitative estimate of drug-likeness (QED) is 0.797. The molecule has 0 fully saturated rings. The summed E-state index contributed by atoms with van der Waals surface area (Å²) in [7, 11) is 1.59. The van der Waals surface area contributed by atoms with Gasteiger partial charge in [-0.1, -0.05) is 0 Å². The average Bonchev–Trinajstić information content (AvgIpc) is 2.50. The molecule has 0 radical (unpaired) electrons. The molecule has 0 saturated heterocycles. The van der Waals surface area contributed by atoms with Crippen molar-refractivity contribution < 1.29 is 8.42 Å². The van der Waals surface area contributed by atoms with Gasteiger partial charge in [0.15, 0.2) is 0 Å². The first-order valence-electron chi connectivity index (χ1n) is 5.48. The summed E-state index contributed by atoms with van der Waals surface area (Å²) in [5.74, 6) is 0. The number of nitriles is 1.